The summed E-state index contributed by atoms with van der Waals surface area (Å²) in [5.74, 6) is -0.381. The molecule has 2 N–H and O–H groups in total. The molecule has 0 aliphatic heterocycles. The first-order valence-corrected chi connectivity index (χ1v) is 7.15. The highest BCUT2D eigenvalue weighted by atomic mass is 79.9. The molecule has 0 fully saturated rings. The lowest BCUT2D eigenvalue weighted by molar-refractivity contribution is -0.146. The van der Waals surface area contributed by atoms with Crippen molar-refractivity contribution in [2.24, 2.45) is 5.73 Å². The molecular formula is C16H16BrNO2. The molecule has 0 heterocycles. The first-order valence-electron chi connectivity index (χ1n) is 6.36. The van der Waals surface area contributed by atoms with Gasteiger partial charge in [-0.15, -0.1) is 0 Å². The summed E-state index contributed by atoms with van der Waals surface area (Å²) in [7, 11) is 0. The van der Waals surface area contributed by atoms with Gasteiger partial charge < -0.3 is 10.5 Å². The van der Waals surface area contributed by atoms with Crippen LogP contribution < -0.4 is 5.73 Å². The van der Waals surface area contributed by atoms with Gasteiger partial charge >= 0.3 is 5.97 Å². The van der Waals surface area contributed by atoms with E-state index in [1.165, 1.54) is 0 Å². The van der Waals surface area contributed by atoms with E-state index in [4.69, 9.17) is 10.5 Å². The number of benzene rings is 2. The van der Waals surface area contributed by atoms with Gasteiger partial charge in [0, 0.05) is 4.47 Å². The second kappa shape index (κ2) is 7.22. The molecule has 0 aliphatic carbocycles. The van der Waals surface area contributed by atoms with Crippen molar-refractivity contribution >= 4 is 21.9 Å². The summed E-state index contributed by atoms with van der Waals surface area (Å²) in [5.41, 5.74) is 7.83. The van der Waals surface area contributed by atoms with Crippen LogP contribution in [0.5, 0.6) is 0 Å². The zero-order valence-corrected chi connectivity index (χ0v) is 12.5. The summed E-state index contributed by atoms with van der Waals surface area (Å²) in [5, 5.41) is 0. The van der Waals surface area contributed by atoms with Crippen molar-refractivity contribution in [3.05, 3.63) is 70.2 Å². The molecule has 2 aromatic carbocycles. The van der Waals surface area contributed by atoms with E-state index in [0.717, 1.165) is 15.6 Å². The quantitative estimate of drug-likeness (QED) is 0.855. The summed E-state index contributed by atoms with van der Waals surface area (Å²) in [6.45, 7) is 0.256. The average Bonchev–Trinajstić information content (AvgIpc) is 2.46. The van der Waals surface area contributed by atoms with E-state index < -0.39 is 6.04 Å². The fourth-order valence-electron chi connectivity index (χ4n) is 1.84. The number of rotatable bonds is 5. The van der Waals surface area contributed by atoms with Crippen molar-refractivity contribution in [1.29, 1.82) is 0 Å². The first kappa shape index (κ1) is 14.8. The predicted octanol–water partition coefficient (Wildman–Crippen LogP) is 3.06. The predicted molar refractivity (Wildman–Crippen MR) is 82.1 cm³/mol. The zero-order chi connectivity index (χ0) is 14.4. The Morgan fingerprint density at radius 3 is 2.50 bits per heavy atom. The normalized spacial score (nSPS) is 11.9. The molecule has 0 radical (unpaired) electrons. The largest absolute Gasteiger partial charge is 0.460 e. The van der Waals surface area contributed by atoms with Gasteiger partial charge in [0.1, 0.15) is 12.6 Å². The molecular weight excluding hydrogens is 318 g/mol. The smallest absolute Gasteiger partial charge is 0.323 e. The minimum atomic E-state index is -0.645. The molecule has 0 spiro atoms. The number of halogens is 1. The third-order valence-corrected chi connectivity index (χ3v) is 3.36. The van der Waals surface area contributed by atoms with Gasteiger partial charge in [-0.3, -0.25) is 4.79 Å². The Morgan fingerprint density at radius 2 is 1.80 bits per heavy atom. The maximum atomic E-state index is 11.8. The highest BCUT2D eigenvalue weighted by Crippen LogP contribution is 2.13. The van der Waals surface area contributed by atoms with Gasteiger partial charge in [-0.2, -0.15) is 0 Å². The van der Waals surface area contributed by atoms with Crippen molar-refractivity contribution in [1.82, 2.24) is 0 Å². The summed E-state index contributed by atoms with van der Waals surface area (Å²) >= 11 is 3.39. The fraction of sp³-hybridized carbons (Fsp3) is 0.188. The van der Waals surface area contributed by atoms with Crippen LogP contribution in [0.25, 0.3) is 0 Å². The van der Waals surface area contributed by atoms with Crippen molar-refractivity contribution < 1.29 is 9.53 Å². The van der Waals surface area contributed by atoms with Crippen LogP contribution in [0.1, 0.15) is 11.1 Å². The topological polar surface area (TPSA) is 52.3 Å². The Kier molecular flexibility index (Phi) is 5.32. The highest BCUT2D eigenvalue weighted by molar-refractivity contribution is 9.10. The molecule has 0 amide bonds. The van der Waals surface area contributed by atoms with Gasteiger partial charge in [-0.05, 0) is 29.7 Å². The molecule has 0 saturated carbocycles. The Morgan fingerprint density at radius 1 is 1.10 bits per heavy atom. The lowest BCUT2D eigenvalue weighted by Gasteiger charge is -2.12. The first-order chi connectivity index (χ1) is 9.65. The summed E-state index contributed by atoms with van der Waals surface area (Å²) in [6, 6.07) is 16.6. The Balaban J connectivity index is 1.86. The van der Waals surface area contributed by atoms with Crippen molar-refractivity contribution in [2.45, 2.75) is 19.1 Å². The third kappa shape index (κ3) is 4.47. The van der Waals surface area contributed by atoms with E-state index in [1.54, 1.807) is 0 Å². The van der Waals surface area contributed by atoms with Crippen LogP contribution in [0, 0.1) is 0 Å². The van der Waals surface area contributed by atoms with Gasteiger partial charge in [-0.25, -0.2) is 0 Å². The van der Waals surface area contributed by atoms with Gasteiger partial charge in [-0.1, -0.05) is 58.4 Å². The molecule has 4 heteroatoms. The molecule has 20 heavy (non-hydrogen) atoms. The zero-order valence-electron chi connectivity index (χ0n) is 11.0. The molecule has 104 valence electrons. The van der Waals surface area contributed by atoms with Crippen molar-refractivity contribution in [3.8, 4) is 0 Å². The highest BCUT2D eigenvalue weighted by Gasteiger charge is 2.15. The van der Waals surface area contributed by atoms with Gasteiger partial charge in [0.2, 0.25) is 0 Å². The van der Waals surface area contributed by atoms with Crippen LogP contribution in [0.4, 0.5) is 0 Å². The van der Waals surface area contributed by atoms with Gasteiger partial charge in [0.25, 0.3) is 0 Å². The second-order valence-corrected chi connectivity index (χ2v) is 5.45. The Bertz CT molecular complexity index is 572. The van der Waals surface area contributed by atoms with E-state index in [2.05, 4.69) is 15.9 Å². The van der Waals surface area contributed by atoms with Crippen LogP contribution >= 0.6 is 15.9 Å². The lowest BCUT2D eigenvalue weighted by Crippen LogP contribution is -2.34. The van der Waals surface area contributed by atoms with E-state index in [9.17, 15) is 4.79 Å². The van der Waals surface area contributed by atoms with Crippen LogP contribution in [0.3, 0.4) is 0 Å². The number of ether oxygens (including phenoxy) is 1. The molecule has 0 aromatic heterocycles. The molecule has 0 unspecified atom stereocenters. The molecule has 0 aliphatic rings. The van der Waals surface area contributed by atoms with E-state index in [-0.39, 0.29) is 12.6 Å². The minimum Gasteiger partial charge on any atom is -0.460 e. The molecule has 3 nitrogen and oxygen atoms in total. The maximum Gasteiger partial charge on any atom is 0.323 e. The molecule has 1 atom stereocenters. The third-order valence-electron chi connectivity index (χ3n) is 2.87. The number of hydrogen-bond acceptors (Lipinski definition) is 3. The average molecular weight is 334 g/mol. The molecule has 2 rings (SSSR count). The van der Waals surface area contributed by atoms with E-state index >= 15 is 0 Å². The number of carbonyl (C=O) groups is 1. The fourth-order valence-corrected chi connectivity index (χ4v) is 2.28. The van der Waals surface area contributed by atoms with Crippen molar-refractivity contribution in [2.75, 3.05) is 0 Å². The minimum absolute atomic E-state index is 0.256. The van der Waals surface area contributed by atoms with Crippen LogP contribution in [0.2, 0.25) is 0 Å². The number of esters is 1. The summed E-state index contributed by atoms with van der Waals surface area (Å²) in [4.78, 5) is 11.8. The van der Waals surface area contributed by atoms with Crippen LogP contribution in [0.15, 0.2) is 59.1 Å². The maximum absolute atomic E-state index is 11.8. The van der Waals surface area contributed by atoms with E-state index in [0.29, 0.717) is 6.42 Å². The second-order valence-electron chi connectivity index (χ2n) is 4.53. The van der Waals surface area contributed by atoms with Crippen molar-refractivity contribution in [3.63, 3.8) is 0 Å². The number of hydrogen-bond donors (Lipinski definition) is 1. The molecule has 0 bridgehead atoms. The standard InChI is InChI=1S/C16H16BrNO2/c17-14-8-4-7-13(9-14)10-15(18)16(19)20-11-12-5-2-1-3-6-12/h1-9,15H,10-11,18H2/t15-/m0/s1. The lowest BCUT2D eigenvalue weighted by atomic mass is 10.1. The van der Waals surface area contributed by atoms with E-state index in [1.807, 2.05) is 54.6 Å². The molecule has 2 aromatic rings. The van der Waals surface area contributed by atoms with Gasteiger partial charge in [0.15, 0.2) is 0 Å². The summed E-state index contributed by atoms with van der Waals surface area (Å²) in [6.07, 6.45) is 0.465. The SMILES string of the molecule is N[C@@H](Cc1cccc(Br)c1)C(=O)OCc1ccccc1. The number of carbonyl (C=O) groups excluding carboxylic acids is 1. The number of nitrogens with two attached hydrogens (primary N) is 1. The Hall–Kier alpha value is -1.65. The molecule has 0 saturated heterocycles. The van der Waals surface area contributed by atoms with Gasteiger partial charge in [0.05, 0.1) is 0 Å². The summed E-state index contributed by atoms with van der Waals surface area (Å²) < 4.78 is 6.19. The Labute approximate surface area is 126 Å². The van der Waals surface area contributed by atoms with Crippen LogP contribution in [-0.2, 0) is 22.6 Å². The monoisotopic (exact) mass is 333 g/mol. The van der Waals surface area contributed by atoms with Crippen LogP contribution in [-0.4, -0.2) is 12.0 Å².